The molecule has 6 nitrogen and oxygen atoms in total. The summed E-state index contributed by atoms with van der Waals surface area (Å²) in [5.74, 6) is -3.98. The van der Waals surface area contributed by atoms with Crippen molar-refractivity contribution in [2.75, 3.05) is 0 Å². The van der Waals surface area contributed by atoms with E-state index in [1.807, 2.05) is 0 Å². The van der Waals surface area contributed by atoms with Gasteiger partial charge in [-0.2, -0.15) is 0 Å². The van der Waals surface area contributed by atoms with Crippen LogP contribution in [-0.4, -0.2) is 18.6 Å². The molecule has 2 N–H and O–H groups in total. The third kappa shape index (κ3) is 3.18. The quantitative estimate of drug-likeness (QED) is 0.693. The SMILES string of the molecule is NS(=O)(=O)c1c(F)cc(-c2c(-c3cccnc3)noc2C(F)F)cc1F. The van der Waals surface area contributed by atoms with Crippen molar-refractivity contribution in [2.24, 2.45) is 5.14 Å². The van der Waals surface area contributed by atoms with Crippen molar-refractivity contribution in [3.05, 3.63) is 54.1 Å². The molecule has 1 aromatic carbocycles. The number of pyridine rings is 1. The Morgan fingerprint density at radius 1 is 1.12 bits per heavy atom. The number of sulfonamides is 1. The van der Waals surface area contributed by atoms with Crippen molar-refractivity contribution in [3.8, 4) is 22.4 Å². The van der Waals surface area contributed by atoms with E-state index in [4.69, 9.17) is 5.14 Å². The molecule has 0 radical (unpaired) electrons. The van der Waals surface area contributed by atoms with Crippen LogP contribution < -0.4 is 5.14 Å². The number of nitrogens with two attached hydrogens (primary N) is 1. The van der Waals surface area contributed by atoms with Gasteiger partial charge in [0.05, 0.1) is 5.56 Å². The highest BCUT2D eigenvalue weighted by molar-refractivity contribution is 7.89. The maximum atomic E-state index is 14.1. The van der Waals surface area contributed by atoms with E-state index in [-0.39, 0.29) is 22.4 Å². The molecule has 0 spiro atoms. The summed E-state index contributed by atoms with van der Waals surface area (Å²) in [6.45, 7) is 0. The largest absolute Gasteiger partial charge is 0.354 e. The van der Waals surface area contributed by atoms with E-state index >= 15 is 0 Å². The Bertz CT molecular complexity index is 1050. The van der Waals surface area contributed by atoms with Gasteiger partial charge in [-0.1, -0.05) is 5.16 Å². The first-order valence-electron chi connectivity index (χ1n) is 6.90. The topological polar surface area (TPSA) is 99.1 Å². The van der Waals surface area contributed by atoms with Crippen molar-refractivity contribution in [1.82, 2.24) is 10.1 Å². The molecular formula is C15H9F4N3O3S. The molecule has 3 aromatic rings. The van der Waals surface area contributed by atoms with E-state index in [2.05, 4.69) is 14.7 Å². The molecule has 0 bridgehead atoms. The second-order valence-corrected chi connectivity index (χ2v) is 6.63. The van der Waals surface area contributed by atoms with Gasteiger partial charge in [0.25, 0.3) is 6.43 Å². The minimum atomic E-state index is -4.69. The summed E-state index contributed by atoms with van der Waals surface area (Å²) < 4.78 is 81.9. The zero-order valence-electron chi connectivity index (χ0n) is 12.7. The predicted molar refractivity (Wildman–Crippen MR) is 81.4 cm³/mol. The average Bonchev–Trinajstić information content (AvgIpc) is 2.98. The monoisotopic (exact) mass is 387 g/mol. The van der Waals surface area contributed by atoms with Gasteiger partial charge in [0, 0.05) is 18.0 Å². The molecule has 136 valence electrons. The van der Waals surface area contributed by atoms with E-state index in [9.17, 15) is 26.0 Å². The zero-order chi connectivity index (χ0) is 19.1. The minimum absolute atomic E-state index is 0.129. The first kappa shape index (κ1) is 18.0. The second kappa shape index (κ2) is 6.50. The lowest BCUT2D eigenvalue weighted by atomic mass is 9.99. The minimum Gasteiger partial charge on any atom is -0.354 e. The molecule has 2 heterocycles. The summed E-state index contributed by atoms with van der Waals surface area (Å²) in [5.41, 5.74) is -0.639. The average molecular weight is 387 g/mol. The number of primary sulfonamides is 1. The van der Waals surface area contributed by atoms with Crippen LogP contribution in [0.1, 0.15) is 12.2 Å². The second-order valence-electron chi connectivity index (χ2n) is 5.13. The number of benzene rings is 1. The molecule has 0 aliphatic heterocycles. The fourth-order valence-corrected chi connectivity index (χ4v) is 3.07. The lowest BCUT2D eigenvalue weighted by Crippen LogP contribution is -2.16. The van der Waals surface area contributed by atoms with Gasteiger partial charge >= 0.3 is 0 Å². The van der Waals surface area contributed by atoms with E-state index in [0.29, 0.717) is 12.1 Å². The van der Waals surface area contributed by atoms with Gasteiger partial charge in [-0.15, -0.1) is 0 Å². The lowest BCUT2D eigenvalue weighted by molar-refractivity contribution is 0.113. The summed E-state index contributed by atoms with van der Waals surface area (Å²) in [6, 6.07) is 4.12. The Kier molecular flexibility index (Phi) is 4.50. The Labute approximate surface area is 144 Å². The maximum absolute atomic E-state index is 14.1. The van der Waals surface area contributed by atoms with Crippen molar-refractivity contribution >= 4 is 10.0 Å². The number of hydrogen-bond donors (Lipinski definition) is 1. The highest BCUT2D eigenvalue weighted by Crippen LogP contribution is 2.40. The van der Waals surface area contributed by atoms with E-state index < -0.39 is 38.7 Å². The molecule has 0 amide bonds. The van der Waals surface area contributed by atoms with Crippen molar-refractivity contribution in [1.29, 1.82) is 0 Å². The molecule has 0 saturated carbocycles. The molecule has 2 aromatic heterocycles. The number of hydrogen-bond acceptors (Lipinski definition) is 5. The molecule has 26 heavy (non-hydrogen) atoms. The van der Waals surface area contributed by atoms with E-state index in [0.717, 1.165) is 0 Å². The summed E-state index contributed by atoms with van der Waals surface area (Å²) >= 11 is 0. The Balaban J connectivity index is 2.29. The standard InChI is InChI=1S/C15H9F4N3O3S/c16-9-4-8(5-10(17)14(9)26(20,23)24)11-12(7-2-1-3-21-6-7)22-25-13(11)15(18)19/h1-6,15H,(H2,20,23,24). The highest BCUT2D eigenvalue weighted by atomic mass is 32.2. The van der Waals surface area contributed by atoms with Gasteiger partial charge in [0.1, 0.15) is 17.3 Å². The number of nitrogens with zero attached hydrogens (tertiary/aromatic N) is 2. The van der Waals surface area contributed by atoms with Crippen LogP contribution in [0, 0.1) is 11.6 Å². The molecule has 0 aliphatic carbocycles. The number of rotatable bonds is 4. The Hall–Kier alpha value is -2.79. The maximum Gasteiger partial charge on any atom is 0.298 e. The van der Waals surface area contributed by atoms with Crippen LogP contribution in [0.3, 0.4) is 0 Å². The van der Waals surface area contributed by atoms with Crippen molar-refractivity contribution in [2.45, 2.75) is 11.3 Å². The molecule has 0 aliphatic rings. The number of halogens is 4. The summed E-state index contributed by atoms with van der Waals surface area (Å²) in [7, 11) is -4.69. The summed E-state index contributed by atoms with van der Waals surface area (Å²) in [6.07, 6.45) is -0.411. The van der Waals surface area contributed by atoms with E-state index in [1.165, 1.54) is 24.5 Å². The zero-order valence-corrected chi connectivity index (χ0v) is 13.5. The van der Waals surface area contributed by atoms with Gasteiger partial charge in [0.15, 0.2) is 4.90 Å². The molecule has 3 rings (SSSR count). The van der Waals surface area contributed by atoms with Crippen molar-refractivity contribution in [3.63, 3.8) is 0 Å². The molecule has 0 unspecified atom stereocenters. The van der Waals surface area contributed by atoms with Crippen LogP contribution in [0.15, 0.2) is 46.1 Å². The van der Waals surface area contributed by atoms with Crippen LogP contribution in [0.4, 0.5) is 17.6 Å². The Morgan fingerprint density at radius 2 is 1.77 bits per heavy atom. The van der Waals surface area contributed by atoms with Crippen LogP contribution >= 0.6 is 0 Å². The van der Waals surface area contributed by atoms with Gasteiger partial charge in [0.2, 0.25) is 15.8 Å². The molecule has 0 saturated heterocycles. The first-order chi connectivity index (χ1) is 12.2. The fourth-order valence-electron chi connectivity index (χ4n) is 2.41. The molecule has 11 heteroatoms. The molecular weight excluding hydrogens is 378 g/mol. The number of alkyl halides is 2. The smallest absolute Gasteiger partial charge is 0.298 e. The number of aromatic nitrogens is 2. The normalized spacial score (nSPS) is 11.9. The fraction of sp³-hybridized carbons (Fsp3) is 0.0667. The van der Waals surface area contributed by atoms with Gasteiger partial charge < -0.3 is 4.52 Å². The first-order valence-corrected chi connectivity index (χ1v) is 8.45. The predicted octanol–water partition coefficient (Wildman–Crippen LogP) is 3.27. The van der Waals surface area contributed by atoms with Crippen molar-refractivity contribution < 1.29 is 30.5 Å². The lowest BCUT2D eigenvalue weighted by Gasteiger charge is -2.08. The van der Waals surface area contributed by atoms with Crippen LogP contribution in [-0.2, 0) is 10.0 Å². The van der Waals surface area contributed by atoms with Crippen LogP contribution in [0.25, 0.3) is 22.4 Å². The highest BCUT2D eigenvalue weighted by Gasteiger charge is 2.29. The molecule has 0 fully saturated rings. The third-order valence-corrected chi connectivity index (χ3v) is 4.38. The van der Waals surface area contributed by atoms with Crippen LogP contribution in [0.5, 0.6) is 0 Å². The van der Waals surface area contributed by atoms with Gasteiger partial charge in [-0.3, -0.25) is 4.98 Å². The van der Waals surface area contributed by atoms with E-state index in [1.54, 1.807) is 0 Å². The van der Waals surface area contributed by atoms with Gasteiger partial charge in [-0.25, -0.2) is 31.1 Å². The third-order valence-electron chi connectivity index (χ3n) is 3.42. The summed E-state index contributed by atoms with van der Waals surface area (Å²) in [4.78, 5) is 2.46. The van der Waals surface area contributed by atoms with Gasteiger partial charge in [-0.05, 0) is 29.8 Å². The molecule has 0 atom stereocenters. The Morgan fingerprint density at radius 3 is 2.27 bits per heavy atom. The summed E-state index contributed by atoms with van der Waals surface area (Å²) in [5, 5.41) is 8.29. The van der Waals surface area contributed by atoms with Crippen LogP contribution in [0.2, 0.25) is 0 Å².